The molecule has 2 heteroatoms. The Bertz CT molecular complexity index is 764. The quantitative estimate of drug-likeness (QED) is 0.582. The van der Waals surface area contributed by atoms with Gasteiger partial charge in [0, 0.05) is 11.1 Å². The SMILES string of the molecule is CCCC(C(O)Cc1cc(-c2ccccc2)c(O)c(C(C)(C)C)c1)C(C)(C)C. The van der Waals surface area contributed by atoms with Crippen LogP contribution in [0.15, 0.2) is 42.5 Å². The lowest BCUT2D eigenvalue weighted by molar-refractivity contribution is 0.0370. The second kappa shape index (κ2) is 8.69. The highest BCUT2D eigenvalue weighted by Gasteiger charge is 2.31. The molecular weight excluding hydrogens is 344 g/mol. The smallest absolute Gasteiger partial charge is 0.127 e. The average molecular weight is 383 g/mol. The third kappa shape index (κ3) is 5.38. The Balaban J connectivity index is 2.49. The van der Waals surface area contributed by atoms with E-state index in [2.05, 4.69) is 60.6 Å². The summed E-state index contributed by atoms with van der Waals surface area (Å²) in [5.74, 6) is 0.586. The standard InChI is InChI=1S/C26H38O2/c1-8-12-21(25(2,3)4)23(27)17-18-15-20(19-13-10-9-11-14-19)24(28)22(16-18)26(5,6)7/h9-11,13-16,21,23,27-28H,8,12,17H2,1-7H3. The molecule has 0 spiro atoms. The molecule has 28 heavy (non-hydrogen) atoms. The molecule has 2 rings (SSSR count). The van der Waals surface area contributed by atoms with Crippen LogP contribution in [-0.2, 0) is 11.8 Å². The summed E-state index contributed by atoms with van der Waals surface area (Å²) in [5, 5.41) is 22.1. The zero-order chi connectivity index (χ0) is 21.1. The van der Waals surface area contributed by atoms with E-state index in [0.717, 1.165) is 35.1 Å². The summed E-state index contributed by atoms with van der Waals surface area (Å²) >= 11 is 0. The van der Waals surface area contributed by atoms with Gasteiger partial charge in [-0.1, -0.05) is 91.3 Å². The Kier molecular flexibility index (Phi) is 6.98. The highest BCUT2D eigenvalue weighted by Crippen LogP contribution is 2.41. The number of aliphatic hydroxyl groups is 1. The summed E-state index contributed by atoms with van der Waals surface area (Å²) in [6, 6.07) is 14.1. The molecule has 0 fully saturated rings. The van der Waals surface area contributed by atoms with Crippen molar-refractivity contribution in [2.75, 3.05) is 0 Å². The number of aromatic hydroxyl groups is 1. The van der Waals surface area contributed by atoms with Crippen molar-refractivity contribution in [3.8, 4) is 16.9 Å². The van der Waals surface area contributed by atoms with Gasteiger partial charge >= 0.3 is 0 Å². The van der Waals surface area contributed by atoms with E-state index in [1.54, 1.807) is 0 Å². The van der Waals surface area contributed by atoms with E-state index in [-0.39, 0.29) is 16.7 Å². The Morgan fingerprint density at radius 1 is 0.929 bits per heavy atom. The van der Waals surface area contributed by atoms with Crippen LogP contribution in [0.2, 0.25) is 0 Å². The largest absolute Gasteiger partial charge is 0.507 e. The van der Waals surface area contributed by atoms with Gasteiger partial charge in [0.05, 0.1) is 6.10 Å². The first-order chi connectivity index (χ1) is 12.9. The van der Waals surface area contributed by atoms with Gasteiger partial charge in [0.1, 0.15) is 5.75 Å². The molecule has 0 aromatic heterocycles. The van der Waals surface area contributed by atoms with Crippen molar-refractivity contribution in [2.24, 2.45) is 11.3 Å². The molecular formula is C26H38O2. The highest BCUT2D eigenvalue weighted by atomic mass is 16.3. The van der Waals surface area contributed by atoms with Gasteiger partial charge in [0.25, 0.3) is 0 Å². The van der Waals surface area contributed by atoms with Crippen LogP contribution in [0.1, 0.15) is 72.4 Å². The molecule has 0 bridgehead atoms. The predicted molar refractivity (Wildman–Crippen MR) is 120 cm³/mol. The Morgan fingerprint density at radius 2 is 1.54 bits per heavy atom. The molecule has 2 N–H and O–H groups in total. The molecule has 0 radical (unpaired) electrons. The van der Waals surface area contributed by atoms with E-state index in [9.17, 15) is 10.2 Å². The normalized spacial score (nSPS) is 14.7. The first-order valence-electron chi connectivity index (χ1n) is 10.5. The zero-order valence-electron chi connectivity index (χ0n) is 18.7. The van der Waals surface area contributed by atoms with Crippen LogP contribution in [0.3, 0.4) is 0 Å². The molecule has 2 aromatic rings. The lowest BCUT2D eigenvalue weighted by Crippen LogP contribution is -2.33. The second-order valence-electron chi connectivity index (χ2n) is 10.2. The first-order valence-corrected chi connectivity index (χ1v) is 10.5. The van der Waals surface area contributed by atoms with Gasteiger partial charge in [-0.3, -0.25) is 0 Å². The molecule has 0 aliphatic rings. The maximum absolute atomic E-state index is 11.1. The van der Waals surface area contributed by atoms with E-state index in [0.29, 0.717) is 12.2 Å². The molecule has 0 saturated heterocycles. The van der Waals surface area contributed by atoms with Crippen molar-refractivity contribution >= 4 is 0 Å². The van der Waals surface area contributed by atoms with Gasteiger partial charge in [-0.2, -0.15) is 0 Å². The summed E-state index contributed by atoms with van der Waals surface area (Å²) in [4.78, 5) is 0. The van der Waals surface area contributed by atoms with Crippen LogP contribution < -0.4 is 0 Å². The van der Waals surface area contributed by atoms with E-state index >= 15 is 0 Å². The fourth-order valence-corrected chi connectivity index (χ4v) is 4.12. The Labute approximate surface area is 171 Å². The molecule has 2 unspecified atom stereocenters. The van der Waals surface area contributed by atoms with Crippen molar-refractivity contribution in [2.45, 2.75) is 79.2 Å². The van der Waals surface area contributed by atoms with E-state index in [4.69, 9.17) is 0 Å². The van der Waals surface area contributed by atoms with E-state index in [1.165, 1.54) is 0 Å². The molecule has 2 nitrogen and oxygen atoms in total. The first kappa shape index (κ1) is 22.5. The minimum atomic E-state index is -0.402. The van der Waals surface area contributed by atoms with Gasteiger partial charge in [0.2, 0.25) is 0 Å². The van der Waals surface area contributed by atoms with Crippen molar-refractivity contribution in [1.82, 2.24) is 0 Å². The number of phenols is 1. The molecule has 0 aliphatic heterocycles. The van der Waals surface area contributed by atoms with Crippen LogP contribution in [0.25, 0.3) is 11.1 Å². The van der Waals surface area contributed by atoms with Crippen LogP contribution >= 0.6 is 0 Å². The van der Waals surface area contributed by atoms with Crippen LogP contribution in [-0.4, -0.2) is 16.3 Å². The van der Waals surface area contributed by atoms with Crippen LogP contribution in [0.4, 0.5) is 0 Å². The lowest BCUT2D eigenvalue weighted by atomic mass is 9.73. The highest BCUT2D eigenvalue weighted by molar-refractivity contribution is 5.73. The predicted octanol–water partition coefficient (Wildman–Crippen LogP) is 6.72. The fourth-order valence-electron chi connectivity index (χ4n) is 4.12. The fraction of sp³-hybridized carbons (Fsp3) is 0.538. The molecule has 2 aromatic carbocycles. The minimum Gasteiger partial charge on any atom is -0.507 e. The molecule has 0 heterocycles. The van der Waals surface area contributed by atoms with Crippen LogP contribution in [0.5, 0.6) is 5.75 Å². The molecule has 154 valence electrons. The number of hydrogen-bond donors (Lipinski definition) is 2. The maximum atomic E-state index is 11.1. The molecule has 0 saturated carbocycles. The van der Waals surface area contributed by atoms with Gasteiger partial charge in [0.15, 0.2) is 0 Å². The molecule has 0 amide bonds. The lowest BCUT2D eigenvalue weighted by Gasteiger charge is -2.35. The van der Waals surface area contributed by atoms with Gasteiger partial charge in [-0.05, 0) is 46.8 Å². The van der Waals surface area contributed by atoms with Crippen molar-refractivity contribution < 1.29 is 10.2 Å². The number of benzene rings is 2. The molecule has 0 aliphatic carbocycles. The average Bonchev–Trinajstić information content (AvgIpc) is 2.59. The third-order valence-electron chi connectivity index (χ3n) is 5.68. The summed E-state index contributed by atoms with van der Waals surface area (Å²) in [5.41, 5.74) is 3.74. The summed E-state index contributed by atoms with van der Waals surface area (Å²) in [6.45, 7) is 15.2. The van der Waals surface area contributed by atoms with Gasteiger partial charge in [-0.15, -0.1) is 0 Å². The Morgan fingerprint density at radius 3 is 2.04 bits per heavy atom. The zero-order valence-corrected chi connectivity index (χ0v) is 18.7. The third-order valence-corrected chi connectivity index (χ3v) is 5.68. The van der Waals surface area contributed by atoms with Crippen molar-refractivity contribution in [3.63, 3.8) is 0 Å². The van der Waals surface area contributed by atoms with E-state index in [1.807, 2.05) is 30.3 Å². The maximum Gasteiger partial charge on any atom is 0.127 e. The van der Waals surface area contributed by atoms with Gasteiger partial charge < -0.3 is 10.2 Å². The second-order valence-corrected chi connectivity index (χ2v) is 10.2. The van der Waals surface area contributed by atoms with Crippen molar-refractivity contribution in [1.29, 1.82) is 0 Å². The minimum absolute atomic E-state index is 0.0570. The number of hydrogen-bond acceptors (Lipinski definition) is 2. The summed E-state index contributed by atoms with van der Waals surface area (Å²) < 4.78 is 0. The van der Waals surface area contributed by atoms with Crippen LogP contribution in [0, 0.1) is 11.3 Å². The molecule has 2 atom stereocenters. The monoisotopic (exact) mass is 382 g/mol. The summed E-state index contributed by atoms with van der Waals surface area (Å²) in [6.07, 6.45) is 2.28. The topological polar surface area (TPSA) is 40.5 Å². The number of rotatable bonds is 6. The number of aliphatic hydroxyl groups excluding tert-OH is 1. The van der Waals surface area contributed by atoms with E-state index < -0.39 is 6.10 Å². The van der Waals surface area contributed by atoms with Crippen molar-refractivity contribution in [3.05, 3.63) is 53.6 Å². The Hall–Kier alpha value is -1.80. The summed E-state index contributed by atoms with van der Waals surface area (Å²) in [7, 11) is 0. The number of phenolic OH excluding ortho intramolecular Hbond substituents is 1. The van der Waals surface area contributed by atoms with Gasteiger partial charge in [-0.25, -0.2) is 0 Å².